The van der Waals surface area contributed by atoms with Crippen LogP contribution in [0.4, 0.5) is 0 Å². The molecule has 1 unspecified atom stereocenters. The van der Waals surface area contributed by atoms with Crippen molar-refractivity contribution in [1.82, 2.24) is 10.5 Å². The van der Waals surface area contributed by atoms with E-state index in [0.29, 0.717) is 22.2 Å². The summed E-state index contributed by atoms with van der Waals surface area (Å²) in [6, 6.07) is 14.6. The minimum atomic E-state index is -0.247. The highest BCUT2D eigenvalue weighted by Gasteiger charge is 2.20. The van der Waals surface area contributed by atoms with E-state index in [1.807, 2.05) is 25.1 Å². The predicted octanol–water partition coefficient (Wildman–Crippen LogP) is 4.01. The van der Waals surface area contributed by atoms with E-state index in [4.69, 9.17) is 25.6 Å². The molecule has 1 amide bonds. The maximum absolute atomic E-state index is 12.0. The van der Waals surface area contributed by atoms with Gasteiger partial charge in [0.15, 0.2) is 12.4 Å². The lowest BCUT2D eigenvalue weighted by Crippen LogP contribution is -2.28. The van der Waals surface area contributed by atoms with E-state index < -0.39 is 0 Å². The van der Waals surface area contributed by atoms with Crippen molar-refractivity contribution >= 4 is 17.5 Å². The summed E-state index contributed by atoms with van der Waals surface area (Å²) in [4.78, 5) is 12.0. The second-order valence-corrected chi connectivity index (χ2v) is 7.09. The van der Waals surface area contributed by atoms with Gasteiger partial charge in [-0.05, 0) is 55.0 Å². The van der Waals surface area contributed by atoms with Gasteiger partial charge < -0.3 is 19.3 Å². The molecule has 1 N–H and O–H groups in total. The van der Waals surface area contributed by atoms with Crippen LogP contribution in [0.25, 0.3) is 11.3 Å². The minimum absolute atomic E-state index is 0.0879. The summed E-state index contributed by atoms with van der Waals surface area (Å²) in [5.41, 5.74) is 2.74. The van der Waals surface area contributed by atoms with Crippen LogP contribution in [0, 0.1) is 0 Å². The molecule has 2 heterocycles. The van der Waals surface area contributed by atoms with Crippen molar-refractivity contribution in [3.05, 3.63) is 64.8 Å². The number of nitrogens with one attached hydrogen (secondary N) is 1. The van der Waals surface area contributed by atoms with Crippen LogP contribution in [0.2, 0.25) is 5.02 Å². The molecule has 6 nitrogen and oxygen atoms in total. The maximum Gasteiger partial charge on any atom is 0.258 e. The molecule has 7 heteroatoms. The van der Waals surface area contributed by atoms with Crippen LogP contribution in [0.5, 0.6) is 11.5 Å². The van der Waals surface area contributed by atoms with Crippen molar-refractivity contribution in [2.24, 2.45) is 0 Å². The van der Waals surface area contributed by atoms with Crippen molar-refractivity contribution in [3.8, 4) is 22.8 Å². The molecule has 1 aromatic heterocycles. The number of benzene rings is 2. The van der Waals surface area contributed by atoms with Crippen LogP contribution >= 0.6 is 11.6 Å². The highest BCUT2D eigenvalue weighted by atomic mass is 35.5. The molecule has 28 heavy (non-hydrogen) atoms. The number of ether oxygens (including phenoxy) is 2. The molecule has 2 aromatic carbocycles. The molecular formula is C21H19ClN2O4. The average Bonchev–Trinajstić information content (AvgIpc) is 3.30. The Morgan fingerprint density at radius 2 is 2.07 bits per heavy atom. The zero-order valence-corrected chi connectivity index (χ0v) is 16.0. The van der Waals surface area contributed by atoms with Gasteiger partial charge in [0.1, 0.15) is 23.3 Å². The first-order chi connectivity index (χ1) is 13.6. The zero-order valence-electron chi connectivity index (χ0n) is 15.3. The first kappa shape index (κ1) is 18.4. The summed E-state index contributed by atoms with van der Waals surface area (Å²) in [5.74, 6) is 1.91. The van der Waals surface area contributed by atoms with Gasteiger partial charge in [-0.3, -0.25) is 4.79 Å². The van der Waals surface area contributed by atoms with E-state index in [2.05, 4.69) is 16.5 Å². The lowest BCUT2D eigenvalue weighted by Gasteiger charge is -2.06. The number of hydrogen-bond donors (Lipinski definition) is 1. The van der Waals surface area contributed by atoms with E-state index in [9.17, 15) is 4.79 Å². The number of nitrogens with zero attached hydrogens (tertiary/aromatic N) is 1. The number of fused-ring (bicyclic) bond motifs is 1. The van der Waals surface area contributed by atoms with Gasteiger partial charge >= 0.3 is 0 Å². The molecule has 0 aliphatic carbocycles. The number of amides is 1. The quantitative estimate of drug-likeness (QED) is 0.679. The maximum atomic E-state index is 12.0. The molecule has 0 bridgehead atoms. The highest BCUT2D eigenvalue weighted by molar-refractivity contribution is 6.30. The topological polar surface area (TPSA) is 73.6 Å². The Bertz CT molecular complexity index is 984. The van der Waals surface area contributed by atoms with Gasteiger partial charge in [0.2, 0.25) is 0 Å². The van der Waals surface area contributed by atoms with Crippen LogP contribution in [0.1, 0.15) is 18.2 Å². The Kier molecular flexibility index (Phi) is 5.21. The number of carbonyl (C=O) groups excluding carboxylic acids is 1. The molecule has 0 saturated heterocycles. The molecule has 1 aliphatic heterocycles. The van der Waals surface area contributed by atoms with Gasteiger partial charge in [0, 0.05) is 23.1 Å². The second-order valence-electron chi connectivity index (χ2n) is 6.66. The third-order valence-electron chi connectivity index (χ3n) is 4.39. The average molecular weight is 399 g/mol. The summed E-state index contributed by atoms with van der Waals surface area (Å²) in [6.45, 7) is 2.22. The van der Waals surface area contributed by atoms with E-state index in [-0.39, 0.29) is 25.2 Å². The van der Waals surface area contributed by atoms with E-state index in [0.717, 1.165) is 23.3 Å². The molecular weight excluding hydrogens is 380 g/mol. The summed E-state index contributed by atoms with van der Waals surface area (Å²) in [5, 5.41) is 7.40. The third-order valence-corrected chi connectivity index (χ3v) is 4.64. The molecule has 0 radical (unpaired) electrons. The molecule has 0 saturated carbocycles. The van der Waals surface area contributed by atoms with Gasteiger partial charge in [-0.15, -0.1) is 0 Å². The normalized spacial score (nSPS) is 15.0. The lowest BCUT2D eigenvalue weighted by atomic mass is 10.1. The van der Waals surface area contributed by atoms with Crippen molar-refractivity contribution in [2.75, 3.05) is 6.61 Å². The monoisotopic (exact) mass is 398 g/mol. The van der Waals surface area contributed by atoms with E-state index >= 15 is 0 Å². The molecule has 0 fully saturated rings. The number of aromatic nitrogens is 1. The van der Waals surface area contributed by atoms with Crippen LogP contribution in [-0.4, -0.2) is 23.8 Å². The summed E-state index contributed by atoms with van der Waals surface area (Å²) in [6.07, 6.45) is 1.08. The van der Waals surface area contributed by atoms with Gasteiger partial charge in [-0.25, -0.2) is 0 Å². The van der Waals surface area contributed by atoms with Gasteiger partial charge in [0.25, 0.3) is 5.91 Å². The largest absolute Gasteiger partial charge is 0.490 e. The second kappa shape index (κ2) is 7.94. The smallest absolute Gasteiger partial charge is 0.258 e. The highest BCUT2D eigenvalue weighted by Crippen LogP contribution is 2.33. The SMILES string of the molecule is CC1Cc2cc(-c3cc(CNC(=O)COc4ccc(Cl)cc4)no3)ccc2O1. The number of hydrogen-bond acceptors (Lipinski definition) is 5. The zero-order chi connectivity index (χ0) is 19.5. The third kappa shape index (κ3) is 4.28. The summed E-state index contributed by atoms with van der Waals surface area (Å²) in [7, 11) is 0. The fourth-order valence-corrected chi connectivity index (χ4v) is 3.15. The Morgan fingerprint density at radius 1 is 1.25 bits per heavy atom. The van der Waals surface area contributed by atoms with Crippen molar-refractivity contribution < 1.29 is 18.8 Å². The van der Waals surface area contributed by atoms with Gasteiger partial charge in [0.05, 0.1) is 6.54 Å². The summed E-state index contributed by atoms with van der Waals surface area (Å²) < 4.78 is 16.6. The first-order valence-electron chi connectivity index (χ1n) is 8.97. The Labute approximate surface area is 167 Å². The molecule has 0 spiro atoms. The summed E-state index contributed by atoms with van der Waals surface area (Å²) >= 11 is 5.82. The van der Waals surface area contributed by atoms with Crippen LogP contribution in [-0.2, 0) is 17.8 Å². The number of carbonyl (C=O) groups is 1. The molecule has 1 aliphatic rings. The number of rotatable bonds is 6. The Hall–Kier alpha value is -2.99. The Balaban J connectivity index is 1.31. The molecule has 4 rings (SSSR count). The molecule has 1 atom stereocenters. The van der Waals surface area contributed by atoms with E-state index in [1.165, 1.54) is 0 Å². The molecule has 3 aromatic rings. The lowest BCUT2D eigenvalue weighted by molar-refractivity contribution is -0.123. The van der Waals surface area contributed by atoms with Crippen LogP contribution < -0.4 is 14.8 Å². The predicted molar refractivity (Wildman–Crippen MR) is 105 cm³/mol. The fourth-order valence-electron chi connectivity index (χ4n) is 3.03. The van der Waals surface area contributed by atoms with Crippen LogP contribution in [0.3, 0.4) is 0 Å². The molecule has 144 valence electrons. The van der Waals surface area contributed by atoms with Gasteiger partial charge in [-0.2, -0.15) is 0 Å². The van der Waals surface area contributed by atoms with Crippen molar-refractivity contribution in [3.63, 3.8) is 0 Å². The Morgan fingerprint density at radius 3 is 2.89 bits per heavy atom. The van der Waals surface area contributed by atoms with Crippen molar-refractivity contribution in [2.45, 2.75) is 26.0 Å². The van der Waals surface area contributed by atoms with Crippen LogP contribution in [0.15, 0.2) is 53.1 Å². The number of halogens is 1. The van der Waals surface area contributed by atoms with E-state index in [1.54, 1.807) is 24.3 Å². The standard InChI is InChI=1S/C21H19ClN2O4/c1-13-8-15-9-14(2-7-19(15)27-13)20-10-17(24-28-20)11-23-21(25)12-26-18-5-3-16(22)4-6-18/h2-7,9-10,13H,8,11-12H2,1H3,(H,23,25). The van der Waals surface area contributed by atoms with Crippen molar-refractivity contribution in [1.29, 1.82) is 0 Å². The first-order valence-corrected chi connectivity index (χ1v) is 9.35. The fraction of sp³-hybridized carbons (Fsp3) is 0.238. The van der Waals surface area contributed by atoms with Gasteiger partial charge in [-0.1, -0.05) is 16.8 Å². The minimum Gasteiger partial charge on any atom is -0.490 e.